The minimum Gasteiger partial charge on any atom is -0.300 e. The molecular formula is C12H30NSi2. The van der Waals surface area contributed by atoms with Gasteiger partial charge in [-0.2, -0.15) is 0 Å². The predicted octanol–water partition coefficient (Wildman–Crippen LogP) is 3.68. The topological polar surface area (TPSA) is 14.1 Å². The van der Waals surface area contributed by atoms with Gasteiger partial charge in [0, 0.05) is 0 Å². The number of rotatable bonds is 6. The average Bonchev–Trinajstić information content (AvgIpc) is 2.01. The molecule has 1 nitrogen and oxygen atoms in total. The molecule has 0 spiro atoms. The summed E-state index contributed by atoms with van der Waals surface area (Å²) in [4.78, 5) is 0. The van der Waals surface area contributed by atoms with Crippen LogP contribution in [0.1, 0.15) is 55.4 Å². The smallest absolute Gasteiger partial charge is 0.124 e. The van der Waals surface area contributed by atoms with Crippen LogP contribution in [0.3, 0.4) is 0 Å². The van der Waals surface area contributed by atoms with Crippen LogP contribution in [0.2, 0.25) is 22.2 Å². The van der Waals surface area contributed by atoms with Crippen molar-refractivity contribution in [3.63, 3.8) is 0 Å². The second kappa shape index (κ2) is 6.87. The standard InChI is InChI=1S/C12H30NSi2/c1-9(2)14(10(3)4)13-15(11(5)6)12(7)8/h9-12,14-15H,1-8H3. The maximum absolute atomic E-state index is 5.35. The van der Waals surface area contributed by atoms with E-state index in [2.05, 4.69) is 55.4 Å². The summed E-state index contributed by atoms with van der Waals surface area (Å²) in [7, 11) is -1.73. The third-order valence-corrected chi connectivity index (χ3v) is 11.3. The fraction of sp³-hybridized carbons (Fsp3) is 1.00. The van der Waals surface area contributed by atoms with E-state index in [9.17, 15) is 0 Å². The Bertz CT molecular complexity index is 133. The van der Waals surface area contributed by atoms with Crippen molar-refractivity contribution < 1.29 is 0 Å². The van der Waals surface area contributed by atoms with Crippen LogP contribution in [0.15, 0.2) is 0 Å². The van der Waals surface area contributed by atoms with E-state index in [1.54, 1.807) is 0 Å². The first-order valence-electron chi connectivity index (χ1n) is 6.47. The van der Waals surface area contributed by atoms with E-state index in [4.69, 9.17) is 4.65 Å². The van der Waals surface area contributed by atoms with Crippen LogP contribution in [0, 0.1) is 0 Å². The summed E-state index contributed by atoms with van der Waals surface area (Å²) >= 11 is 0. The number of hydrogen-bond acceptors (Lipinski definition) is 0. The third kappa shape index (κ3) is 5.32. The lowest BCUT2D eigenvalue weighted by Crippen LogP contribution is -2.45. The molecule has 3 heteroatoms. The monoisotopic (exact) mass is 244 g/mol. The van der Waals surface area contributed by atoms with Crippen molar-refractivity contribution in [3.05, 3.63) is 0 Å². The van der Waals surface area contributed by atoms with Gasteiger partial charge in [-0.25, -0.2) is 0 Å². The van der Waals surface area contributed by atoms with E-state index in [-0.39, 0.29) is 0 Å². The van der Waals surface area contributed by atoms with Gasteiger partial charge >= 0.3 is 0 Å². The first-order valence-corrected chi connectivity index (χ1v) is 10.2. The van der Waals surface area contributed by atoms with Gasteiger partial charge in [0.2, 0.25) is 0 Å². The van der Waals surface area contributed by atoms with Crippen LogP contribution in [-0.2, 0) is 0 Å². The molecule has 1 radical (unpaired) electrons. The molecule has 0 aromatic heterocycles. The molecule has 0 unspecified atom stereocenters. The van der Waals surface area contributed by atoms with E-state index < -0.39 is 17.9 Å². The Morgan fingerprint density at radius 3 is 0.867 bits per heavy atom. The summed E-state index contributed by atoms with van der Waals surface area (Å²) in [5.74, 6) is 0. The molecule has 0 fully saturated rings. The normalized spacial score (nSPS) is 13.2. The Morgan fingerprint density at radius 2 is 0.733 bits per heavy atom. The molecule has 0 saturated carbocycles. The van der Waals surface area contributed by atoms with E-state index in [1.807, 2.05) is 0 Å². The predicted molar refractivity (Wildman–Crippen MR) is 76.8 cm³/mol. The van der Waals surface area contributed by atoms with Crippen LogP contribution in [0.5, 0.6) is 0 Å². The summed E-state index contributed by atoms with van der Waals surface area (Å²) in [6, 6.07) is 0. The average molecular weight is 245 g/mol. The number of nitrogens with zero attached hydrogens (tertiary/aromatic N) is 1. The van der Waals surface area contributed by atoms with Gasteiger partial charge in [-0.3, -0.25) is 4.65 Å². The molecular weight excluding hydrogens is 214 g/mol. The highest BCUT2D eigenvalue weighted by Crippen LogP contribution is 2.25. The molecule has 15 heavy (non-hydrogen) atoms. The Hall–Kier alpha value is 0.394. The van der Waals surface area contributed by atoms with Crippen LogP contribution >= 0.6 is 0 Å². The Morgan fingerprint density at radius 1 is 0.533 bits per heavy atom. The van der Waals surface area contributed by atoms with Crippen molar-refractivity contribution in [2.24, 2.45) is 0 Å². The maximum Gasteiger partial charge on any atom is 0.124 e. The summed E-state index contributed by atoms with van der Waals surface area (Å²) in [5, 5.41) is 0. The van der Waals surface area contributed by atoms with Crippen molar-refractivity contribution in [2.75, 3.05) is 0 Å². The van der Waals surface area contributed by atoms with Gasteiger partial charge < -0.3 is 0 Å². The van der Waals surface area contributed by atoms with Crippen molar-refractivity contribution in [1.82, 2.24) is 4.65 Å². The van der Waals surface area contributed by atoms with Crippen molar-refractivity contribution in [1.29, 1.82) is 0 Å². The summed E-state index contributed by atoms with van der Waals surface area (Å²) in [6.07, 6.45) is 0. The van der Waals surface area contributed by atoms with Crippen molar-refractivity contribution >= 4 is 17.9 Å². The van der Waals surface area contributed by atoms with Crippen LogP contribution in [0.4, 0.5) is 0 Å². The molecule has 0 aliphatic rings. The molecule has 0 atom stereocenters. The molecule has 0 aliphatic carbocycles. The van der Waals surface area contributed by atoms with E-state index in [0.29, 0.717) is 0 Å². The first kappa shape index (κ1) is 15.4. The minimum atomic E-state index is -0.864. The molecule has 0 aliphatic heterocycles. The molecule has 0 amide bonds. The molecule has 0 N–H and O–H groups in total. The lowest BCUT2D eigenvalue weighted by atomic mass is 10.5. The van der Waals surface area contributed by atoms with Gasteiger partial charge in [0.05, 0.1) is 0 Å². The highest BCUT2D eigenvalue weighted by atomic mass is 28.4. The molecule has 0 aromatic rings. The second-order valence-corrected chi connectivity index (χ2v) is 14.6. The zero-order valence-electron chi connectivity index (χ0n) is 11.9. The summed E-state index contributed by atoms with van der Waals surface area (Å²) in [6.45, 7) is 18.9. The minimum absolute atomic E-state index is 0.831. The summed E-state index contributed by atoms with van der Waals surface area (Å²) in [5.41, 5.74) is 3.32. The first-order chi connectivity index (χ1) is 6.77. The Balaban J connectivity index is 4.48. The zero-order valence-corrected chi connectivity index (χ0v) is 14.2. The largest absolute Gasteiger partial charge is 0.300 e. The molecule has 0 rings (SSSR count). The molecule has 0 heterocycles. The lowest BCUT2D eigenvalue weighted by molar-refractivity contribution is 0.868. The maximum atomic E-state index is 5.35. The highest BCUT2D eigenvalue weighted by molar-refractivity contribution is 6.75. The molecule has 0 aromatic carbocycles. The zero-order chi connectivity index (χ0) is 12.2. The van der Waals surface area contributed by atoms with Crippen molar-refractivity contribution in [2.45, 2.75) is 77.6 Å². The van der Waals surface area contributed by atoms with Gasteiger partial charge in [-0.15, -0.1) is 0 Å². The summed E-state index contributed by atoms with van der Waals surface area (Å²) < 4.78 is 5.35. The fourth-order valence-electron chi connectivity index (χ4n) is 2.43. The van der Waals surface area contributed by atoms with Gasteiger partial charge in [0.25, 0.3) is 0 Å². The van der Waals surface area contributed by atoms with Gasteiger partial charge in [0.15, 0.2) is 0 Å². The quantitative estimate of drug-likeness (QED) is 0.633. The second-order valence-electron chi connectivity index (χ2n) is 6.11. The van der Waals surface area contributed by atoms with Crippen molar-refractivity contribution in [3.8, 4) is 0 Å². The molecule has 0 bridgehead atoms. The number of hydrogen-bond donors (Lipinski definition) is 0. The highest BCUT2D eigenvalue weighted by Gasteiger charge is 2.28. The van der Waals surface area contributed by atoms with Crippen LogP contribution in [-0.4, -0.2) is 17.9 Å². The molecule has 91 valence electrons. The van der Waals surface area contributed by atoms with E-state index in [1.165, 1.54) is 0 Å². The van der Waals surface area contributed by atoms with Crippen LogP contribution in [0.25, 0.3) is 0 Å². The van der Waals surface area contributed by atoms with Gasteiger partial charge in [0.1, 0.15) is 17.9 Å². The SMILES string of the molecule is CC(C)[SiH]([N][SiH](C(C)C)C(C)C)C(C)C. The van der Waals surface area contributed by atoms with Gasteiger partial charge in [-0.1, -0.05) is 55.4 Å². The van der Waals surface area contributed by atoms with E-state index >= 15 is 0 Å². The Kier molecular flexibility index (Phi) is 7.05. The lowest BCUT2D eigenvalue weighted by Gasteiger charge is -2.31. The molecule has 0 saturated heterocycles. The van der Waals surface area contributed by atoms with Gasteiger partial charge in [-0.05, 0) is 22.2 Å². The Labute approximate surface area is 100 Å². The van der Waals surface area contributed by atoms with Crippen LogP contribution < -0.4 is 4.65 Å². The van der Waals surface area contributed by atoms with E-state index in [0.717, 1.165) is 22.2 Å². The fourth-order valence-corrected chi connectivity index (χ4v) is 12.6. The third-order valence-electron chi connectivity index (χ3n) is 3.08.